The number of ether oxygens (including phenoxy) is 2. The number of nitrogens with one attached hydrogen (secondary N) is 1. The van der Waals surface area contributed by atoms with Gasteiger partial charge in [-0.05, 0) is 51.4 Å². The zero-order valence-corrected chi connectivity index (χ0v) is 32.3. The van der Waals surface area contributed by atoms with E-state index in [9.17, 15) is 30.3 Å². The number of allylic oxidation sites excluding steroid dienone is 12. The first-order valence-corrected chi connectivity index (χ1v) is 20.1. The summed E-state index contributed by atoms with van der Waals surface area (Å²) in [5.41, 5.74) is 0. The van der Waals surface area contributed by atoms with Crippen molar-refractivity contribution in [3.05, 3.63) is 72.9 Å². The number of hydrogen-bond acceptors (Lipinski definition) is 8. The fraction of sp³-hybridized carbons (Fsp3) is 0.698. The maximum absolute atomic E-state index is 12.9. The summed E-state index contributed by atoms with van der Waals surface area (Å²) >= 11 is 0. The molecule has 0 aromatic carbocycles. The summed E-state index contributed by atoms with van der Waals surface area (Å²) in [6.07, 6.45) is 36.4. The Hall–Kier alpha value is -2.37. The van der Waals surface area contributed by atoms with E-state index in [1.165, 1.54) is 44.9 Å². The van der Waals surface area contributed by atoms with Gasteiger partial charge in [0.05, 0.1) is 25.4 Å². The molecule has 0 aliphatic carbocycles. The standard InChI is InChI=1S/C43H73NO8/c1-3-5-7-9-11-13-15-16-17-18-19-20-21-22-23-25-27-29-31-33-39(47)44-36(35-51-43-42(50)41(49)40(48)38(34-45)52-43)37(46)32-30-28-26-24-14-12-10-8-6-4-2/h5,7,11,13,16-17,19-20,22-23,27,29,36-38,40-43,45-46,48-50H,3-4,6,8-10,12,14-15,18,21,24-26,28,30-35H2,1-2H3,(H,44,47)/b7-5-,13-11-,17-16-,20-19-,23-22-,29-27-. The average molecular weight is 732 g/mol. The van der Waals surface area contributed by atoms with Gasteiger partial charge in [0, 0.05) is 6.42 Å². The maximum Gasteiger partial charge on any atom is 0.220 e. The van der Waals surface area contributed by atoms with E-state index in [-0.39, 0.29) is 18.9 Å². The van der Waals surface area contributed by atoms with Crippen LogP contribution in [0.15, 0.2) is 72.9 Å². The second-order valence-corrected chi connectivity index (χ2v) is 13.7. The Labute approximate surface area is 315 Å². The lowest BCUT2D eigenvalue weighted by Gasteiger charge is -2.40. The van der Waals surface area contributed by atoms with Crippen LogP contribution in [0.1, 0.15) is 136 Å². The summed E-state index contributed by atoms with van der Waals surface area (Å²) in [5.74, 6) is -0.232. The van der Waals surface area contributed by atoms with Gasteiger partial charge in [0.1, 0.15) is 24.4 Å². The van der Waals surface area contributed by atoms with E-state index in [0.29, 0.717) is 12.8 Å². The molecule has 6 N–H and O–H groups in total. The minimum atomic E-state index is -1.57. The summed E-state index contributed by atoms with van der Waals surface area (Å²) in [6, 6.07) is -0.760. The van der Waals surface area contributed by atoms with Gasteiger partial charge in [-0.15, -0.1) is 0 Å². The third-order valence-electron chi connectivity index (χ3n) is 9.09. The van der Waals surface area contributed by atoms with Gasteiger partial charge in [0.2, 0.25) is 5.91 Å². The third-order valence-corrected chi connectivity index (χ3v) is 9.09. The van der Waals surface area contributed by atoms with Crippen molar-refractivity contribution in [1.29, 1.82) is 0 Å². The molecule has 1 fully saturated rings. The number of aliphatic hydroxyl groups is 5. The molecule has 0 aromatic rings. The predicted molar refractivity (Wildman–Crippen MR) is 212 cm³/mol. The zero-order chi connectivity index (χ0) is 38.1. The number of amides is 1. The lowest BCUT2D eigenvalue weighted by molar-refractivity contribution is -0.302. The van der Waals surface area contributed by atoms with Crippen molar-refractivity contribution in [3.8, 4) is 0 Å². The summed E-state index contributed by atoms with van der Waals surface area (Å²) in [7, 11) is 0. The first kappa shape index (κ1) is 47.7. The normalized spacial score (nSPS) is 22.6. The Kier molecular flexibility index (Phi) is 30.4. The highest BCUT2D eigenvalue weighted by Crippen LogP contribution is 2.23. The fourth-order valence-electron chi connectivity index (χ4n) is 5.83. The first-order valence-electron chi connectivity index (χ1n) is 20.1. The third kappa shape index (κ3) is 24.0. The Balaban J connectivity index is 2.45. The highest BCUT2D eigenvalue weighted by molar-refractivity contribution is 5.76. The maximum atomic E-state index is 12.9. The molecule has 1 heterocycles. The molecule has 7 unspecified atom stereocenters. The van der Waals surface area contributed by atoms with Crippen LogP contribution in [-0.4, -0.2) is 87.5 Å². The molecule has 52 heavy (non-hydrogen) atoms. The predicted octanol–water partition coefficient (Wildman–Crippen LogP) is 7.44. The van der Waals surface area contributed by atoms with Gasteiger partial charge in [-0.25, -0.2) is 0 Å². The molecule has 1 saturated heterocycles. The SMILES string of the molecule is CC/C=C\C/C=C\C/C=C\C/C=C\C/C=C\C/C=C\CCC(=O)NC(COC1OC(CO)C(O)C(O)C1O)C(O)CCCCCCCCCCCC. The molecule has 0 bridgehead atoms. The molecule has 1 aliphatic rings. The largest absolute Gasteiger partial charge is 0.394 e. The van der Waals surface area contributed by atoms with Crippen molar-refractivity contribution in [2.75, 3.05) is 13.2 Å². The van der Waals surface area contributed by atoms with Crippen LogP contribution in [0.3, 0.4) is 0 Å². The van der Waals surface area contributed by atoms with Crippen LogP contribution in [-0.2, 0) is 14.3 Å². The molecule has 0 spiro atoms. The summed E-state index contributed by atoms with van der Waals surface area (Å²) in [4.78, 5) is 12.9. The van der Waals surface area contributed by atoms with E-state index >= 15 is 0 Å². The van der Waals surface area contributed by atoms with Crippen LogP contribution in [0, 0.1) is 0 Å². The van der Waals surface area contributed by atoms with Crippen molar-refractivity contribution in [1.82, 2.24) is 5.32 Å². The second kappa shape index (κ2) is 33.2. The molecule has 0 radical (unpaired) electrons. The number of rotatable bonds is 31. The smallest absolute Gasteiger partial charge is 0.220 e. The Morgan fingerprint density at radius 2 is 1.15 bits per heavy atom. The van der Waals surface area contributed by atoms with Crippen LogP contribution in [0.4, 0.5) is 0 Å². The van der Waals surface area contributed by atoms with Crippen molar-refractivity contribution < 1.29 is 39.8 Å². The molecule has 1 aliphatic heterocycles. The van der Waals surface area contributed by atoms with Crippen molar-refractivity contribution >= 4 is 5.91 Å². The highest BCUT2D eigenvalue weighted by Gasteiger charge is 2.44. The fourth-order valence-corrected chi connectivity index (χ4v) is 5.83. The number of aliphatic hydroxyl groups excluding tert-OH is 5. The highest BCUT2D eigenvalue weighted by atomic mass is 16.7. The van der Waals surface area contributed by atoms with Gasteiger partial charge < -0.3 is 40.3 Å². The summed E-state index contributed by atoms with van der Waals surface area (Å²) < 4.78 is 11.2. The van der Waals surface area contributed by atoms with Crippen molar-refractivity contribution in [3.63, 3.8) is 0 Å². The average Bonchev–Trinajstić information content (AvgIpc) is 3.14. The van der Waals surface area contributed by atoms with Crippen LogP contribution < -0.4 is 5.32 Å². The summed E-state index contributed by atoms with van der Waals surface area (Å²) in [6.45, 7) is 3.62. The monoisotopic (exact) mass is 732 g/mol. The number of carbonyl (C=O) groups excluding carboxylic acids is 1. The molecular formula is C43H73NO8. The van der Waals surface area contributed by atoms with Gasteiger partial charge in [-0.2, -0.15) is 0 Å². The molecule has 0 aromatic heterocycles. The lowest BCUT2D eigenvalue weighted by atomic mass is 9.99. The molecule has 298 valence electrons. The van der Waals surface area contributed by atoms with Crippen molar-refractivity contribution in [2.24, 2.45) is 0 Å². The van der Waals surface area contributed by atoms with E-state index in [1.807, 2.05) is 12.2 Å². The molecule has 1 rings (SSSR count). The van der Waals surface area contributed by atoms with Crippen LogP contribution in [0.2, 0.25) is 0 Å². The molecule has 0 saturated carbocycles. The van der Waals surface area contributed by atoms with E-state index in [1.54, 1.807) is 0 Å². The van der Waals surface area contributed by atoms with Crippen LogP contribution in [0.25, 0.3) is 0 Å². The molecule has 9 heteroatoms. The van der Waals surface area contributed by atoms with Gasteiger partial charge >= 0.3 is 0 Å². The van der Waals surface area contributed by atoms with E-state index in [4.69, 9.17) is 9.47 Å². The molecule has 7 atom stereocenters. The van der Waals surface area contributed by atoms with Gasteiger partial charge in [0.25, 0.3) is 0 Å². The topological polar surface area (TPSA) is 149 Å². The molecular weight excluding hydrogens is 658 g/mol. The van der Waals surface area contributed by atoms with Gasteiger partial charge in [0.15, 0.2) is 6.29 Å². The number of unbranched alkanes of at least 4 members (excludes halogenated alkanes) is 9. The molecule has 9 nitrogen and oxygen atoms in total. The summed E-state index contributed by atoms with van der Waals surface area (Å²) in [5, 5.41) is 54.0. The second-order valence-electron chi connectivity index (χ2n) is 13.7. The first-order chi connectivity index (χ1) is 25.3. The number of hydrogen-bond donors (Lipinski definition) is 6. The van der Waals surface area contributed by atoms with Gasteiger partial charge in [-0.3, -0.25) is 4.79 Å². The minimum Gasteiger partial charge on any atom is -0.394 e. The van der Waals surface area contributed by atoms with E-state index < -0.39 is 49.5 Å². The van der Waals surface area contributed by atoms with Gasteiger partial charge in [-0.1, -0.05) is 151 Å². The van der Waals surface area contributed by atoms with E-state index in [0.717, 1.165) is 57.8 Å². The lowest BCUT2D eigenvalue weighted by Crippen LogP contribution is -2.60. The number of carbonyl (C=O) groups is 1. The molecule has 1 amide bonds. The van der Waals surface area contributed by atoms with Crippen LogP contribution >= 0.6 is 0 Å². The Bertz CT molecular complexity index is 1040. The quantitative estimate of drug-likeness (QED) is 0.0319. The minimum absolute atomic E-state index is 0.173. The van der Waals surface area contributed by atoms with Crippen molar-refractivity contribution in [2.45, 2.75) is 179 Å². The van der Waals surface area contributed by atoms with E-state index in [2.05, 4.69) is 79.9 Å². The Morgan fingerprint density at radius 1 is 0.673 bits per heavy atom. The Morgan fingerprint density at radius 3 is 1.65 bits per heavy atom. The van der Waals surface area contributed by atoms with Crippen LogP contribution in [0.5, 0.6) is 0 Å². The zero-order valence-electron chi connectivity index (χ0n) is 32.3.